The van der Waals surface area contributed by atoms with Gasteiger partial charge >= 0.3 is 0 Å². The number of ether oxygens (including phenoxy) is 1. The molecule has 0 aliphatic rings. The number of ketones is 1. The molecule has 7 nitrogen and oxygen atoms in total. The summed E-state index contributed by atoms with van der Waals surface area (Å²) in [6.45, 7) is 5.68. The molecule has 0 spiro atoms. The number of nitrogens with zero attached hydrogens (tertiary/aromatic N) is 5. The number of carbonyl (C=O) groups excluding carboxylic acids is 1. The number of aryl methyl sites for hydroxylation is 1. The van der Waals surface area contributed by atoms with E-state index in [1.807, 2.05) is 69.4 Å². The van der Waals surface area contributed by atoms with Crippen LogP contribution in [0.3, 0.4) is 0 Å². The highest BCUT2D eigenvalue weighted by atomic mass is 16.5. The van der Waals surface area contributed by atoms with E-state index in [2.05, 4.69) is 21.4 Å². The minimum atomic E-state index is -0.656. The number of hydrogen-bond donors (Lipinski definition) is 0. The Morgan fingerprint density at radius 3 is 2.74 bits per heavy atom. The van der Waals surface area contributed by atoms with E-state index < -0.39 is 5.41 Å². The van der Waals surface area contributed by atoms with Crippen molar-refractivity contribution in [3.63, 3.8) is 0 Å². The second kappa shape index (κ2) is 9.28. The second-order valence-electron chi connectivity index (χ2n) is 8.70. The fourth-order valence-electron chi connectivity index (χ4n) is 3.63. The Morgan fingerprint density at radius 1 is 1.15 bits per heavy atom. The van der Waals surface area contributed by atoms with Crippen LogP contribution in [0, 0.1) is 18.3 Å². The first-order chi connectivity index (χ1) is 16.3. The lowest BCUT2D eigenvalue weighted by molar-refractivity contribution is 0.0993. The molecule has 4 rings (SSSR count). The quantitative estimate of drug-likeness (QED) is 0.372. The highest BCUT2D eigenvalue weighted by molar-refractivity contribution is 5.97. The Labute approximate surface area is 198 Å². The fraction of sp³-hybridized carbons (Fsp3) is 0.222. The lowest BCUT2D eigenvalue weighted by atomic mass is 9.85. The van der Waals surface area contributed by atoms with Crippen LogP contribution in [0.5, 0.6) is 5.75 Å². The third-order valence-corrected chi connectivity index (χ3v) is 5.81. The molecule has 2 heterocycles. The zero-order valence-corrected chi connectivity index (χ0v) is 19.6. The molecule has 0 atom stereocenters. The Kier molecular flexibility index (Phi) is 6.24. The van der Waals surface area contributed by atoms with Crippen molar-refractivity contribution in [2.75, 3.05) is 7.11 Å². The van der Waals surface area contributed by atoms with Gasteiger partial charge in [0.15, 0.2) is 5.78 Å². The van der Waals surface area contributed by atoms with Gasteiger partial charge in [0.1, 0.15) is 11.4 Å². The van der Waals surface area contributed by atoms with E-state index in [1.54, 1.807) is 30.3 Å². The normalized spacial score (nSPS) is 11.1. The van der Waals surface area contributed by atoms with E-state index >= 15 is 0 Å². The molecular weight excluding hydrogens is 426 g/mol. The molecule has 0 unspecified atom stereocenters. The van der Waals surface area contributed by atoms with Crippen LogP contribution in [-0.2, 0) is 11.8 Å². The number of pyridine rings is 1. The average molecular weight is 452 g/mol. The molecule has 170 valence electrons. The van der Waals surface area contributed by atoms with E-state index in [-0.39, 0.29) is 12.2 Å². The predicted molar refractivity (Wildman–Crippen MR) is 129 cm³/mol. The van der Waals surface area contributed by atoms with Crippen LogP contribution in [0.25, 0.3) is 16.9 Å². The summed E-state index contributed by atoms with van der Waals surface area (Å²) >= 11 is 0. The molecule has 0 N–H and O–H groups in total. The zero-order valence-electron chi connectivity index (χ0n) is 19.6. The summed E-state index contributed by atoms with van der Waals surface area (Å²) in [5.41, 5.74) is 4.96. The monoisotopic (exact) mass is 451 g/mol. The number of carbonyl (C=O) groups is 1. The molecule has 0 radical (unpaired) electrons. The van der Waals surface area contributed by atoms with Crippen LogP contribution in [0.2, 0.25) is 0 Å². The third-order valence-electron chi connectivity index (χ3n) is 5.81. The summed E-state index contributed by atoms with van der Waals surface area (Å²) in [7, 11) is 1.59. The van der Waals surface area contributed by atoms with E-state index in [4.69, 9.17) is 4.74 Å². The first-order valence-electron chi connectivity index (χ1n) is 10.9. The van der Waals surface area contributed by atoms with Crippen LogP contribution in [-0.4, -0.2) is 32.9 Å². The van der Waals surface area contributed by atoms with E-state index in [0.29, 0.717) is 17.0 Å². The van der Waals surface area contributed by atoms with Gasteiger partial charge in [-0.1, -0.05) is 35.5 Å². The largest absolute Gasteiger partial charge is 0.495 e. The molecule has 34 heavy (non-hydrogen) atoms. The van der Waals surface area contributed by atoms with Gasteiger partial charge in [-0.15, -0.1) is 5.10 Å². The van der Waals surface area contributed by atoms with Crippen molar-refractivity contribution in [1.82, 2.24) is 20.0 Å². The van der Waals surface area contributed by atoms with Crippen LogP contribution >= 0.6 is 0 Å². The first kappa shape index (κ1) is 22.9. The number of nitriles is 1. The van der Waals surface area contributed by atoms with Gasteiger partial charge in [-0.25, -0.2) is 4.68 Å². The molecule has 0 aliphatic carbocycles. The SMILES string of the molecule is COc1cncc(-c2cn(-c3cc(CC(=O)c4cccc(C(C)(C)C#N)c4)ccc3C)nn2)c1. The highest BCUT2D eigenvalue weighted by Crippen LogP contribution is 2.25. The fourth-order valence-corrected chi connectivity index (χ4v) is 3.63. The number of methoxy groups -OCH3 is 1. The number of benzene rings is 2. The number of aromatic nitrogens is 4. The lowest BCUT2D eigenvalue weighted by Crippen LogP contribution is -2.15. The molecule has 7 heteroatoms. The maximum Gasteiger partial charge on any atom is 0.167 e. The van der Waals surface area contributed by atoms with E-state index in [1.165, 1.54) is 0 Å². The van der Waals surface area contributed by atoms with Crippen LogP contribution < -0.4 is 4.74 Å². The number of rotatable bonds is 7. The van der Waals surface area contributed by atoms with Crippen LogP contribution in [0.1, 0.15) is 40.9 Å². The molecule has 0 saturated carbocycles. The van der Waals surface area contributed by atoms with Gasteiger partial charge in [-0.2, -0.15) is 5.26 Å². The van der Waals surface area contributed by atoms with Gasteiger partial charge in [0.25, 0.3) is 0 Å². The average Bonchev–Trinajstić information content (AvgIpc) is 3.35. The Balaban J connectivity index is 1.59. The molecule has 2 aromatic heterocycles. The van der Waals surface area contributed by atoms with Crippen LogP contribution in [0.15, 0.2) is 67.1 Å². The standard InChI is InChI=1S/C27H25N5O2/c1-18-8-9-19(11-26(33)20-6-5-7-22(12-20)27(2,3)17-28)10-25(18)32-16-24(30-31-32)21-13-23(34-4)15-29-14-21/h5-10,12-16H,11H2,1-4H3. The van der Waals surface area contributed by atoms with Gasteiger partial charge in [-0.3, -0.25) is 9.78 Å². The summed E-state index contributed by atoms with van der Waals surface area (Å²) in [6.07, 6.45) is 5.42. The summed E-state index contributed by atoms with van der Waals surface area (Å²) in [5.74, 6) is 0.637. The van der Waals surface area contributed by atoms with Gasteiger partial charge in [-0.05, 0) is 55.7 Å². The Morgan fingerprint density at radius 2 is 1.97 bits per heavy atom. The molecule has 0 fully saturated rings. The Hall–Kier alpha value is -4.31. The zero-order chi connectivity index (χ0) is 24.3. The summed E-state index contributed by atoms with van der Waals surface area (Å²) < 4.78 is 6.95. The van der Waals surface area contributed by atoms with E-state index in [0.717, 1.165) is 27.9 Å². The third kappa shape index (κ3) is 4.71. The first-order valence-corrected chi connectivity index (χ1v) is 10.9. The highest BCUT2D eigenvalue weighted by Gasteiger charge is 2.21. The van der Waals surface area contributed by atoms with Crippen molar-refractivity contribution in [1.29, 1.82) is 5.26 Å². The summed E-state index contributed by atoms with van der Waals surface area (Å²) in [4.78, 5) is 17.2. The van der Waals surface area contributed by atoms with Crippen molar-refractivity contribution in [3.05, 3.63) is 89.4 Å². The van der Waals surface area contributed by atoms with Gasteiger partial charge in [0, 0.05) is 23.7 Å². The van der Waals surface area contributed by atoms with Crippen LogP contribution in [0.4, 0.5) is 0 Å². The van der Waals surface area contributed by atoms with E-state index in [9.17, 15) is 10.1 Å². The molecule has 4 aromatic rings. The predicted octanol–water partition coefficient (Wildman–Crippen LogP) is 4.87. The molecule has 0 amide bonds. The topological polar surface area (TPSA) is 93.7 Å². The van der Waals surface area contributed by atoms with Gasteiger partial charge < -0.3 is 4.74 Å². The smallest absolute Gasteiger partial charge is 0.167 e. The Bertz CT molecular complexity index is 1400. The van der Waals surface area contributed by atoms with Gasteiger partial charge in [0.2, 0.25) is 0 Å². The molecule has 2 aromatic carbocycles. The maximum absolute atomic E-state index is 13.0. The molecular formula is C27H25N5O2. The maximum atomic E-state index is 13.0. The number of hydrogen-bond acceptors (Lipinski definition) is 6. The second-order valence-corrected chi connectivity index (χ2v) is 8.70. The van der Waals surface area contributed by atoms with Gasteiger partial charge in [0.05, 0.1) is 36.7 Å². The van der Waals surface area contributed by atoms with Crippen molar-refractivity contribution in [2.24, 2.45) is 0 Å². The van der Waals surface area contributed by atoms with Crippen molar-refractivity contribution >= 4 is 5.78 Å². The molecule has 0 bridgehead atoms. The van der Waals surface area contributed by atoms with Crippen molar-refractivity contribution < 1.29 is 9.53 Å². The minimum absolute atomic E-state index is 0.00729. The number of Topliss-reactive ketones (excluding diaryl/α,β-unsaturated/α-hetero) is 1. The molecule has 0 saturated heterocycles. The summed E-state index contributed by atoms with van der Waals surface area (Å²) in [6, 6.07) is 17.3. The van der Waals surface area contributed by atoms with Crippen molar-refractivity contribution in [3.8, 4) is 28.8 Å². The minimum Gasteiger partial charge on any atom is -0.495 e. The summed E-state index contributed by atoms with van der Waals surface area (Å²) in [5, 5.41) is 18.0. The lowest BCUT2D eigenvalue weighted by Gasteiger charge is -2.16. The van der Waals surface area contributed by atoms with Crippen molar-refractivity contribution in [2.45, 2.75) is 32.6 Å². The molecule has 0 aliphatic heterocycles.